The van der Waals surface area contributed by atoms with Crippen LogP contribution in [-0.4, -0.2) is 21.9 Å². The SMILES string of the molecule is CCCCC(F)(F)C(O)(O)CC. The first-order valence-corrected chi connectivity index (χ1v) is 4.20. The Morgan fingerprint density at radius 3 is 2.00 bits per heavy atom. The van der Waals surface area contributed by atoms with Crippen molar-refractivity contribution in [2.75, 3.05) is 0 Å². The molecule has 0 spiro atoms. The summed E-state index contributed by atoms with van der Waals surface area (Å²) in [6, 6.07) is 0. The van der Waals surface area contributed by atoms with Crippen LogP contribution in [0.15, 0.2) is 0 Å². The lowest BCUT2D eigenvalue weighted by molar-refractivity contribution is -0.298. The van der Waals surface area contributed by atoms with Crippen LogP contribution in [-0.2, 0) is 0 Å². The van der Waals surface area contributed by atoms with Crippen LogP contribution in [0.4, 0.5) is 8.78 Å². The minimum Gasteiger partial charge on any atom is -0.361 e. The normalized spacial score (nSPS) is 13.5. The van der Waals surface area contributed by atoms with Crippen molar-refractivity contribution >= 4 is 0 Å². The Morgan fingerprint density at radius 2 is 1.67 bits per heavy atom. The average Bonchev–Trinajstić information content (AvgIpc) is 2.00. The molecule has 4 heteroatoms. The molecule has 2 nitrogen and oxygen atoms in total. The maximum Gasteiger partial charge on any atom is 0.300 e. The van der Waals surface area contributed by atoms with Crippen molar-refractivity contribution in [1.29, 1.82) is 0 Å². The molecule has 0 aliphatic rings. The fourth-order valence-electron chi connectivity index (χ4n) is 0.858. The summed E-state index contributed by atoms with van der Waals surface area (Å²) in [5.41, 5.74) is 0. The molecule has 0 amide bonds. The summed E-state index contributed by atoms with van der Waals surface area (Å²) < 4.78 is 25.8. The second kappa shape index (κ2) is 4.14. The van der Waals surface area contributed by atoms with Gasteiger partial charge in [-0.1, -0.05) is 20.3 Å². The van der Waals surface area contributed by atoms with Crippen molar-refractivity contribution in [3.8, 4) is 0 Å². The van der Waals surface area contributed by atoms with Gasteiger partial charge < -0.3 is 10.2 Å². The lowest BCUT2D eigenvalue weighted by Gasteiger charge is -2.29. The molecule has 0 bridgehead atoms. The predicted octanol–water partition coefficient (Wildman–Crippen LogP) is 1.90. The lowest BCUT2D eigenvalue weighted by Crippen LogP contribution is -2.47. The zero-order valence-electron chi connectivity index (χ0n) is 7.48. The first kappa shape index (κ1) is 11.8. The van der Waals surface area contributed by atoms with Gasteiger partial charge in [-0.3, -0.25) is 0 Å². The zero-order valence-corrected chi connectivity index (χ0v) is 7.48. The summed E-state index contributed by atoms with van der Waals surface area (Å²) >= 11 is 0. The highest BCUT2D eigenvalue weighted by molar-refractivity contribution is 4.81. The monoisotopic (exact) mass is 182 g/mol. The van der Waals surface area contributed by atoms with Gasteiger partial charge in [0, 0.05) is 12.8 Å². The first-order valence-electron chi connectivity index (χ1n) is 4.20. The fraction of sp³-hybridized carbons (Fsp3) is 1.00. The molecule has 0 saturated heterocycles. The van der Waals surface area contributed by atoms with E-state index in [2.05, 4.69) is 0 Å². The van der Waals surface area contributed by atoms with Gasteiger partial charge in [0.15, 0.2) is 0 Å². The summed E-state index contributed by atoms with van der Waals surface area (Å²) in [7, 11) is 0. The van der Waals surface area contributed by atoms with Crippen LogP contribution in [0.3, 0.4) is 0 Å². The maximum atomic E-state index is 12.9. The molecule has 0 aliphatic heterocycles. The lowest BCUT2D eigenvalue weighted by atomic mass is 10.0. The highest BCUT2D eigenvalue weighted by Crippen LogP contribution is 2.33. The quantitative estimate of drug-likeness (QED) is 0.637. The molecule has 0 aromatic rings. The van der Waals surface area contributed by atoms with Crippen molar-refractivity contribution < 1.29 is 19.0 Å². The van der Waals surface area contributed by atoms with Crippen molar-refractivity contribution in [2.24, 2.45) is 0 Å². The second-order valence-electron chi connectivity index (χ2n) is 2.98. The summed E-state index contributed by atoms with van der Waals surface area (Å²) in [6.07, 6.45) is 0.0965. The highest BCUT2D eigenvalue weighted by atomic mass is 19.3. The summed E-state index contributed by atoms with van der Waals surface area (Å²) in [6.45, 7) is 3.10. The van der Waals surface area contributed by atoms with Gasteiger partial charge in [-0.2, -0.15) is 0 Å². The van der Waals surface area contributed by atoms with Gasteiger partial charge in [0.25, 0.3) is 5.92 Å². The standard InChI is InChI=1S/C8H16F2O2/c1-3-5-6-7(9,10)8(11,12)4-2/h11-12H,3-6H2,1-2H3. The summed E-state index contributed by atoms with van der Waals surface area (Å²) in [5.74, 6) is -6.24. The molecule has 0 aromatic carbocycles. The van der Waals surface area contributed by atoms with E-state index in [1.54, 1.807) is 6.92 Å². The van der Waals surface area contributed by atoms with Crippen LogP contribution < -0.4 is 0 Å². The molecule has 0 atom stereocenters. The van der Waals surface area contributed by atoms with Gasteiger partial charge in [0.1, 0.15) is 0 Å². The molecule has 0 rings (SSSR count). The van der Waals surface area contributed by atoms with E-state index in [4.69, 9.17) is 10.2 Å². The number of alkyl halides is 2. The Labute approximate surface area is 71.2 Å². The number of hydrogen-bond acceptors (Lipinski definition) is 2. The number of hydrogen-bond donors (Lipinski definition) is 2. The van der Waals surface area contributed by atoms with Gasteiger partial charge in [-0.25, -0.2) is 8.78 Å². The predicted molar refractivity (Wildman–Crippen MR) is 41.9 cm³/mol. The van der Waals surface area contributed by atoms with Gasteiger partial charge in [0.2, 0.25) is 5.79 Å². The van der Waals surface area contributed by atoms with E-state index >= 15 is 0 Å². The Hall–Kier alpha value is -0.220. The number of rotatable bonds is 5. The minimum atomic E-state index is -3.39. The van der Waals surface area contributed by atoms with E-state index in [0.717, 1.165) is 0 Å². The summed E-state index contributed by atoms with van der Waals surface area (Å²) in [5, 5.41) is 17.8. The molecular weight excluding hydrogens is 166 g/mol. The Bertz CT molecular complexity index is 135. The summed E-state index contributed by atoms with van der Waals surface area (Å²) in [4.78, 5) is 0. The topological polar surface area (TPSA) is 40.5 Å². The van der Waals surface area contributed by atoms with Gasteiger partial charge in [0.05, 0.1) is 0 Å². The van der Waals surface area contributed by atoms with Crippen LogP contribution in [0, 0.1) is 0 Å². The van der Waals surface area contributed by atoms with Crippen molar-refractivity contribution in [1.82, 2.24) is 0 Å². The third kappa shape index (κ3) is 2.68. The van der Waals surface area contributed by atoms with E-state index in [-0.39, 0.29) is 6.42 Å². The molecule has 0 radical (unpaired) electrons. The van der Waals surface area contributed by atoms with Crippen molar-refractivity contribution in [3.05, 3.63) is 0 Å². The van der Waals surface area contributed by atoms with E-state index in [1.807, 2.05) is 0 Å². The Morgan fingerprint density at radius 1 is 1.17 bits per heavy atom. The van der Waals surface area contributed by atoms with Gasteiger partial charge in [-0.05, 0) is 6.42 Å². The number of halogens is 2. The third-order valence-corrected chi connectivity index (χ3v) is 1.92. The van der Waals surface area contributed by atoms with Crippen LogP contribution in [0.2, 0.25) is 0 Å². The molecule has 0 saturated carbocycles. The zero-order chi connectivity index (χ0) is 9.83. The third-order valence-electron chi connectivity index (χ3n) is 1.92. The van der Waals surface area contributed by atoms with E-state index in [1.165, 1.54) is 6.92 Å². The molecule has 0 aromatic heterocycles. The van der Waals surface area contributed by atoms with Crippen molar-refractivity contribution in [3.63, 3.8) is 0 Å². The molecule has 74 valence electrons. The number of unbranched alkanes of at least 4 members (excludes halogenated alkanes) is 1. The van der Waals surface area contributed by atoms with Gasteiger partial charge in [-0.15, -0.1) is 0 Å². The van der Waals surface area contributed by atoms with E-state index in [9.17, 15) is 8.78 Å². The van der Waals surface area contributed by atoms with E-state index < -0.39 is 18.1 Å². The molecule has 0 fully saturated rings. The van der Waals surface area contributed by atoms with Crippen molar-refractivity contribution in [2.45, 2.75) is 51.2 Å². The minimum absolute atomic E-state index is 0.301. The maximum absolute atomic E-state index is 12.9. The highest BCUT2D eigenvalue weighted by Gasteiger charge is 2.49. The fourth-order valence-corrected chi connectivity index (χ4v) is 0.858. The molecule has 2 N–H and O–H groups in total. The molecule has 12 heavy (non-hydrogen) atoms. The van der Waals surface area contributed by atoms with Gasteiger partial charge >= 0.3 is 0 Å². The van der Waals surface area contributed by atoms with Crippen LogP contribution in [0.1, 0.15) is 39.5 Å². The second-order valence-corrected chi connectivity index (χ2v) is 2.98. The van der Waals surface area contributed by atoms with Crippen LogP contribution in [0.5, 0.6) is 0 Å². The Kier molecular flexibility index (Phi) is 4.06. The molecule has 0 heterocycles. The smallest absolute Gasteiger partial charge is 0.300 e. The van der Waals surface area contributed by atoms with Crippen LogP contribution >= 0.6 is 0 Å². The molecular formula is C8H16F2O2. The largest absolute Gasteiger partial charge is 0.361 e. The van der Waals surface area contributed by atoms with E-state index in [0.29, 0.717) is 12.8 Å². The first-order chi connectivity index (χ1) is 5.37. The number of aliphatic hydroxyl groups is 2. The Balaban J connectivity index is 4.17. The van der Waals surface area contributed by atoms with Crippen LogP contribution in [0.25, 0.3) is 0 Å². The molecule has 0 aliphatic carbocycles. The average molecular weight is 182 g/mol. The molecule has 0 unspecified atom stereocenters.